The van der Waals surface area contributed by atoms with Gasteiger partial charge in [0.1, 0.15) is 17.2 Å². The summed E-state index contributed by atoms with van der Waals surface area (Å²) in [6.07, 6.45) is -0.637. The average Bonchev–Trinajstić information content (AvgIpc) is 2.29. The molecule has 0 saturated carbocycles. The predicted molar refractivity (Wildman–Crippen MR) is 91.6 cm³/mol. The van der Waals surface area contributed by atoms with Crippen molar-refractivity contribution in [1.82, 2.24) is 5.32 Å². The number of ether oxygens (including phenoxy) is 2. The Balaban J connectivity index is 4.78. The van der Waals surface area contributed by atoms with Gasteiger partial charge in [-0.05, 0) is 41.5 Å². The minimum absolute atomic E-state index is 0.173. The lowest BCUT2D eigenvalue weighted by atomic mass is 10.2. The Morgan fingerprint density at radius 1 is 1.09 bits per heavy atom. The fourth-order valence-electron chi connectivity index (χ4n) is 1.30. The van der Waals surface area contributed by atoms with Crippen molar-refractivity contribution in [2.45, 2.75) is 71.0 Å². The summed E-state index contributed by atoms with van der Waals surface area (Å²) < 4.78 is 10.5. The summed E-state index contributed by atoms with van der Waals surface area (Å²) in [5, 5.41) is 2.75. The smallest absolute Gasteiger partial charge is 0.408 e. The van der Waals surface area contributed by atoms with Gasteiger partial charge in [0.05, 0.1) is 0 Å². The molecule has 130 valence electrons. The van der Waals surface area contributed by atoms with Crippen LogP contribution in [-0.4, -0.2) is 46.2 Å². The van der Waals surface area contributed by atoms with Gasteiger partial charge in [0.25, 0.3) is 0 Å². The third kappa shape index (κ3) is 11.0. The zero-order valence-electron chi connectivity index (χ0n) is 14.5. The van der Waals surface area contributed by atoms with Crippen LogP contribution in [0.2, 0.25) is 0 Å². The standard InChI is InChI=1S/C15H28ClNO4S/c1-10(8-16)22-9-11(12(18)20-14(2,3)4)17-13(19)21-15(5,6)7/h10-11H,8-9H2,1-7H3,(H,17,19)/t10-,11+/m1/s1. The Hall–Kier alpha value is -0.620. The summed E-state index contributed by atoms with van der Waals surface area (Å²) in [4.78, 5) is 24.1. The van der Waals surface area contributed by atoms with Crippen molar-refractivity contribution < 1.29 is 19.1 Å². The van der Waals surface area contributed by atoms with Crippen LogP contribution in [0.5, 0.6) is 0 Å². The minimum atomic E-state index is -0.773. The van der Waals surface area contributed by atoms with Gasteiger partial charge in [0, 0.05) is 16.9 Å². The number of thioether (sulfide) groups is 1. The molecule has 0 aromatic rings. The normalized spacial score (nSPS) is 14.9. The maximum absolute atomic E-state index is 12.2. The van der Waals surface area contributed by atoms with Crippen molar-refractivity contribution in [2.75, 3.05) is 11.6 Å². The number of carbonyl (C=O) groups excluding carboxylic acids is 2. The van der Waals surface area contributed by atoms with E-state index in [4.69, 9.17) is 21.1 Å². The molecule has 0 unspecified atom stereocenters. The van der Waals surface area contributed by atoms with Gasteiger partial charge in [0.15, 0.2) is 0 Å². The van der Waals surface area contributed by atoms with Gasteiger partial charge in [-0.15, -0.1) is 11.6 Å². The van der Waals surface area contributed by atoms with Crippen LogP contribution in [0.15, 0.2) is 0 Å². The van der Waals surface area contributed by atoms with Crippen LogP contribution in [0.25, 0.3) is 0 Å². The molecule has 0 radical (unpaired) electrons. The van der Waals surface area contributed by atoms with Crippen molar-refractivity contribution >= 4 is 35.4 Å². The van der Waals surface area contributed by atoms with Gasteiger partial charge < -0.3 is 14.8 Å². The van der Waals surface area contributed by atoms with E-state index >= 15 is 0 Å². The highest BCUT2D eigenvalue weighted by atomic mass is 35.5. The first-order chi connectivity index (χ1) is 9.84. The summed E-state index contributed by atoms with van der Waals surface area (Å²) in [7, 11) is 0. The third-order valence-electron chi connectivity index (χ3n) is 2.15. The molecule has 7 heteroatoms. The molecule has 1 N–H and O–H groups in total. The van der Waals surface area contributed by atoms with E-state index < -0.39 is 29.3 Å². The lowest BCUT2D eigenvalue weighted by molar-refractivity contribution is -0.156. The van der Waals surface area contributed by atoms with Crippen molar-refractivity contribution in [3.8, 4) is 0 Å². The number of esters is 1. The van der Waals surface area contributed by atoms with E-state index in [1.807, 2.05) is 6.92 Å². The molecule has 0 aliphatic carbocycles. The van der Waals surface area contributed by atoms with Gasteiger partial charge in [0.2, 0.25) is 0 Å². The Labute approximate surface area is 142 Å². The molecule has 22 heavy (non-hydrogen) atoms. The monoisotopic (exact) mass is 353 g/mol. The second kappa shape index (κ2) is 8.87. The Bertz CT molecular complexity index is 377. The maximum Gasteiger partial charge on any atom is 0.408 e. The Kier molecular flexibility index (Phi) is 8.62. The SMILES string of the molecule is C[C@H](CCl)SC[C@H](NC(=O)OC(C)(C)C)C(=O)OC(C)(C)C. The fraction of sp³-hybridized carbons (Fsp3) is 0.867. The molecule has 0 heterocycles. The number of alkyl carbamates (subject to hydrolysis) is 1. The zero-order chi connectivity index (χ0) is 17.6. The summed E-state index contributed by atoms with van der Waals surface area (Å²) in [6.45, 7) is 12.6. The van der Waals surface area contributed by atoms with Crippen molar-refractivity contribution in [1.29, 1.82) is 0 Å². The van der Waals surface area contributed by atoms with Crippen LogP contribution in [0, 0.1) is 0 Å². The van der Waals surface area contributed by atoms with Gasteiger partial charge in [-0.3, -0.25) is 0 Å². The molecular weight excluding hydrogens is 326 g/mol. The molecule has 5 nitrogen and oxygen atoms in total. The number of hydrogen-bond donors (Lipinski definition) is 1. The number of carbonyl (C=O) groups is 2. The van der Waals surface area contributed by atoms with E-state index in [0.717, 1.165) is 0 Å². The first-order valence-corrected chi connectivity index (χ1v) is 8.82. The summed E-state index contributed by atoms with van der Waals surface area (Å²) >= 11 is 7.26. The first-order valence-electron chi connectivity index (χ1n) is 7.24. The van der Waals surface area contributed by atoms with Crippen molar-refractivity contribution in [2.24, 2.45) is 0 Å². The van der Waals surface area contributed by atoms with Crippen LogP contribution in [0.3, 0.4) is 0 Å². The van der Waals surface area contributed by atoms with Crippen molar-refractivity contribution in [3.05, 3.63) is 0 Å². The molecule has 0 aliphatic heterocycles. The molecule has 0 saturated heterocycles. The average molecular weight is 354 g/mol. The van der Waals surface area contributed by atoms with Crippen LogP contribution >= 0.6 is 23.4 Å². The molecule has 2 atom stereocenters. The second-order valence-corrected chi connectivity index (χ2v) is 8.81. The third-order valence-corrected chi connectivity index (χ3v) is 4.05. The molecule has 0 fully saturated rings. The van der Waals surface area contributed by atoms with Crippen LogP contribution in [0.4, 0.5) is 4.79 Å². The van der Waals surface area contributed by atoms with E-state index in [2.05, 4.69) is 5.32 Å². The topological polar surface area (TPSA) is 64.6 Å². The first kappa shape index (κ1) is 21.4. The number of nitrogens with one attached hydrogen (secondary N) is 1. The molecule has 0 spiro atoms. The lowest BCUT2D eigenvalue weighted by Crippen LogP contribution is -2.47. The van der Waals surface area contributed by atoms with E-state index in [1.165, 1.54) is 11.8 Å². The number of halogens is 1. The van der Waals surface area contributed by atoms with E-state index in [0.29, 0.717) is 11.6 Å². The summed E-state index contributed by atoms with van der Waals surface area (Å²) in [5.41, 5.74) is -1.24. The van der Waals surface area contributed by atoms with E-state index in [-0.39, 0.29) is 5.25 Å². The van der Waals surface area contributed by atoms with Crippen molar-refractivity contribution in [3.63, 3.8) is 0 Å². The highest BCUT2D eigenvalue weighted by Crippen LogP contribution is 2.16. The van der Waals surface area contributed by atoms with Crippen LogP contribution in [-0.2, 0) is 14.3 Å². The van der Waals surface area contributed by atoms with E-state index in [1.54, 1.807) is 41.5 Å². The molecule has 1 amide bonds. The number of rotatable bonds is 6. The molecular formula is C15H28ClNO4S. The fourth-order valence-corrected chi connectivity index (χ4v) is 2.39. The molecule has 0 aromatic carbocycles. The lowest BCUT2D eigenvalue weighted by Gasteiger charge is -2.26. The molecule has 0 aliphatic rings. The van der Waals surface area contributed by atoms with Crippen LogP contribution in [0.1, 0.15) is 48.5 Å². The van der Waals surface area contributed by atoms with Gasteiger partial charge in [-0.2, -0.15) is 11.8 Å². The Morgan fingerprint density at radius 3 is 2.00 bits per heavy atom. The largest absolute Gasteiger partial charge is 0.458 e. The molecule has 0 bridgehead atoms. The summed E-state index contributed by atoms with van der Waals surface area (Å²) in [5.74, 6) is 0.368. The minimum Gasteiger partial charge on any atom is -0.458 e. The van der Waals surface area contributed by atoms with Gasteiger partial charge in [-0.1, -0.05) is 6.92 Å². The zero-order valence-corrected chi connectivity index (χ0v) is 16.1. The number of hydrogen-bond acceptors (Lipinski definition) is 5. The molecule has 0 aromatic heterocycles. The highest BCUT2D eigenvalue weighted by molar-refractivity contribution is 8.00. The van der Waals surface area contributed by atoms with Crippen LogP contribution < -0.4 is 5.32 Å². The predicted octanol–water partition coefficient (Wildman–Crippen LogP) is 3.58. The molecule has 0 rings (SSSR count). The summed E-state index contributed by atoms with van der Waals surface area (Å²) in [6, 6.07) is -0.773. The van der Waals surface area contributed by atoms with E-state index in [9.17, 15) is 9.59 Å². The quantitative estimate of drug-likeness (QED) is 0.584. The van der Waals surface area contributed by atoms with Gasteiger partial charge >= 0.3 is 12.1 Å². The number of alkyl halides is 1. The highest BCUT2D eigenvalue weighted by Gasteiger charge is 2.29. The maximum atomic E-state index is 12.2. The number of amides is 1. The second-order valence-electron chi connectivity index (χ2n) is 7.03. The Morgan fingerprint density at radius 2 is 1.59 bits per heavy atom. The van der Waals surface area contributed by atoms with Gasteiger partial charge in [-0.25, -0.2) is 9.59 Å².